The molecule has 4 heteroatoms. The molecule has 0 saturated carbocycles. The van der Waals surface area contributed by atoms with Crippen LogP contribution in [-0.2, 0) is 12.8 Å². The van der Waals surface area contributed by atoms with Crippen molar-refractivity contribution in [2.75, 3.05) is 5.33 Å². The molecule has 0 fully saturated rings. The van der Waals surface area contributed by atoms with E-state index in [1.54, 1.807) is 12.1 Å². The molecule has 1 aliphatic carbocycles. The highest BCUT2D eigenvalue weighted by atomic mass is 79.9. The van der Waals surface area contributed by atoms with Crippen LogP contribution < -0.4 is 0 Å². The van der Waals surface area contributed by atoms with Gasteiger partial charge >= 0.3 is 0 Å². The fourth-order valence-corrected chi connectivity index (χ4v) is 2.46. The van der Waals surface area contributed by atoms with Crippen LogP contribution in [0.25, 0.3) is 0 Å². The normalized spacial score (nSPS) is 19.4. The summed E-state index contributed by atoms with van der Waals surface area (Å²) >= 11 is 3.43. The number of fused-ring (bicyclic) bond motifs is 1. The van der Waals surface area contributed by atoms with Crippen LogP contribution in [-0.4, -0.2) is 10.3 Å². The van der Waals surface area contributed by atoms with Gasteiger partial charge in [-0.15, -0.1) is 0 Å². The van der Waals surface area contributed by atoms with E-state index in [4.69, 9.17) is 0 Å². The highest BCUT2D eigenvalue weighted by Gasteiger charge is 2.27. The number of nitro groups is 1. The molecule has 0 aliphatic heterocycles. The molecule has 0 spiro atoms. The Bertz CT molecular complexity index is 378. The monoisotopic (exact) mass is 255 g/mol. The Kier molecular flexibility index (Phi) is 2.54. The molecular weight excluding hydrogens is 246 g/mol. The van der Waals surface area contributed by atoms with Gasteiger partial charge in [-0.3, -0.25) is 10.1 Å². The summed E-state index contributed by atoms with van der Waals surface area (Å²) in [5.41, 5.74) is 2.36. The topological polar surface area (TPSA) is 43.1 Å². The molecule has 74 valence electrons. The smallest absolute Gasteiger partial charge is 0.258 e. The van der Waals surface area contributed by atoms with Crippen molar-refractivity contribution in [2.24, 2.45) is 5.92 Å². The Labute approximate surface area is 90.4 Å². The van der Waals surface area contributed by atoms with E-state index in [-0.39, 0.29) is 10.6 Å². The zero-order chi connectivity index (χ0) is 10.1. The second-order valence-electron chi connectivity index (χ2n) is 3.60. The maximum absolute atomic E-state index is 10.7. The summed E-state index contributed by atoms with van der Waals surface area (Å²) in [4.78, 5) is 10.5. The standard InChI is InChI=1S/C10H10BrNO2/c11-6-7-4-8-2-1-3-10(12(13)14)9(8)5-7/h1-3,7H,4-6H2. The van der Waals surface area contributed by atoms with E-state index >= 15 is 0 Å². The second kappa shape index (κ2) is 3.69. The molecular formula is C10H10BrNO2. The third-order valence-corrected chi connectivity index (χ3v) is 3.58. The Morgan fingerprint density at radius 2 is 2.29 bits per heavy atom. The van der Waals surface area contributed by atoms with Gasteiger partial charge in [-0.25, -0.2) is 0 Å². The minimum atomic E-state index is -0.282. The third kappa shape index (κ3) is 1.54. The largest absolute Gasteiger partial charge is 0.272 e. The number of hydrogen-bond acceptors (Lipinski definition) is 2. The molecule has 1 unspecified atom stereocenters. The lowest BCUT2D eigenvalue weighted by Crippen LogP contribution is -2.00. The number of hydrogen-bond donors (Lipinski definition) is 0. The highest BCUT2D eigenvalue weighted by molar-refractivity contribution is 9.09. The summed E-state index contributed by atoms with van der Waals surface area (Å²) in [5, 5.41) is 11.7. The van der Waals surface area contributed by atoms with Gasteiger partial charge in [0.1, 0.15) is 0 Å². The first kappa shape index (κ1) is 9.65. The molecule has 0 heterocycles. The van der Waals surface area contributed by atoms with Gasteiger partial charge in [0.05, 0.1) is 4.92 Å². The minimum absolute atomic E-state index is 0.282. The average Bonchev–Trinajstić information content (AvgIpc) is 2.59. The third-order valence-electron chi connectivity index (χ3n) is 2.66. The van der Waals surface area contributed by atoms with E-state index in [2.05, 4.69) is 15.9 Å². The van der Waals surface area contributed by atoms with Crippen molar-refractivity contribution in [3.63, 3.8) is 0 Å². The fraction of sp³-hybridized carbons (Fsp3) is 0.400. The van der Waals surface area contributed by atoms with E-state index < -0.39 is 0 Å². The number of benzene rings is 1. The number of nitro benzene ring substituents is 1. The first-order valence-electron chi connectivity index (χ1n) is 4.53. The quantitative estimate of drug-likeness (QED) is 0.464. The van der Waals surface area contributed by atoms with E-state index in [0.29, 0.717) is 5.92 Å². The van der Waals surface area contributed by atoms with E-state index in [9.17, 15) is 10.1 Å². The lowest BCUT2D eigenvalue weighted by Gasteiger charge is -2.00. The SMILES string of the molecule is O=[N+]([O-])c1cccc2c1CC(CBr)C2. The molecule has 0 radical (unpaired) electrons. The van der Waals surface area contributed by atoms with Gasteiger partial charge in [-0.2, -0.15) is 0 Å². The van der Waals surface area contributed by atoms with Crippen molar-refractivity contribution in [1.29, 1.82) is 0 Å². The van der Waals surface area contributed by atoms with Gasteiger partial charge in [0.25, 0.3) is 5.69 Å². The van der Waals surface area contributed by atoms with Crippen LogP contribution in [0.1, 0.15) is 11.1 Å². The lowest BCUT2D eigenvalue weighted by atomic mass is 10.1. The molecule has 1 aliphatic rings. The van der Waals surface area contributed by atoms with Crippen molar-refractivity contribution < 1.29 is 4.92 Å². The van der Waals surface area contributed by atoms with Gasteiger partial charge in [-0.05, 0) is 24.3 Å². The van der Waals surface area contributed by atoms with Crippen molar-refractivity contribution in [2.45, 2.75) is 12.8 Å². The molecule has 0 aromatic heterocycles. The predicted octanol–water partition coefficient (Wildman–Crippen LogP) is 2.70. The number of halogens is 1. The summed E-state index contributed by atoms with van der Waals surface area (Å²) in [6.45, 7) is 0. The van der Waals surface area contributed by atoms with E-state index in [1.165, 1.54) is 0 Å². The second-order valence-corrected chi connectivity index (χ2v) is 4.25. The molecule has 2 rings (SSSR count). The van der Waals surface area contributed by atoms with Crippen LogP contribution in [0, 0.1) is 16.0 Å². The highest BCUT2D eigenvalue weighted by Crippen LogP contribution is 2.33. The predicted molar refractivity (Wildman–Crippen MR) is 57.8 cm³/mol. The summed E-state index contributed by atoms with van der Waals surface area (Å²) in [6.07, 6.45) is 1.79. The number of rotatable bonds is 2. The first-order valence-corrected chi connectivity index (χ1v) is 5.65. The molecule has 14 heavy (non-hydrogen) atoms. The van der Waals surface area contributed by atoms with Crippen molar-refractivity contribution >= 4 is 21.6 Å². The zero-order valence-electron chi connectivity index (χ0n) is 7.57. The van der Waals surface area contributed by atoms with Gasteiger partial charge in [0.2, 0.25) is 0 Å². The van der Waals surface area contributed by atoms with E-state index in [1.807, 2.05) is 6.07 Å². The lowest BCUT2D eigenvalue weighted by molar-refractivity contribution is -0.385. The number of nitrogens with zero attached hydrogens (tertiary/aromatic N) is 1. The molecule has 1 aromatic carbocycles. The van der Waals surface area contributed by atoms with Crippen LogP contribution in [0.2, 0.25) is 0 Å². The molecule has 0 bridgehead atoms. The first-order chi connectivity index (χ1) is 6.72. The van der Waals surface area contributed by atoms with Crippen molar-refractivity contribution in [1.82, 2.24) is 0 Å². The van der Waals surface area contributed by atoms with Crippen LogP contribution in [0.4, 0.5) is 5.69 Å². The molecule has 0 N–H and O–H groups in total. The summed E-state index contributed by atoms with van der Waals surface area (Å²) in [7, 11) is 0. The maximum Gasteiger partial charge on any atom is 0.272 e. The van der Waals surface area contributed by atoms with Gasteiger partial charge in [-0.1, -0.05) is 28.1 Å². The van der Waals surface area contributed by atoms with Crippen LogP contribution >= 0.6 is 15.9 Å². The van der Waals surface area contributed by atoms with Crippen LogP contribution in [0.3, 0.4) is 0 Å². The minimum Gasteiger partial charge on any atom is -0.258 e. The zero-order valence-corrected chi connectivity index (χ0v) is 9.16. The van der Waals surface area contributed by atoms with Crippen LogP contribution in [0.5, 0.6) is 0 Å². The Balaban J connectivity index is 2.41. The van der Waals surface area contributed by atoms with Crippen molar-refractivity contribution in [3.8, 4) is 0 Å². The Morgan fingerprint density at radius 3 is 2.93 bits per heavy atom. The van der Waals surface area contributed by atoms with Crippen molar-refractivity contribution in [3.05, 3.63) is 39.4 Å². The maximum atomic E-state index is 10.7. The average molecular weight is 256 g/mol. The molecule has 1 aromatic rings. The van der Waals surface area contributed by atoms with Gasteiger partial charge in [0.15, 0.2) is 0 Å². The summed E-state index contributed by atoms with van der Waals surface area (Å²) in [5.74, 6) is 0.520. The summed E-state index contributed by atoms with van der Waals surface area (Å²) in [6, 6.07) is 5.36. The summed E-state index contributed by atoms with van der Waals surface area (Å²) < 4.78 is 0. The molecule has 1 atom stereocenters. The fourth-order valence-electron chi connectivity index (χ4n) is 2.00. The van der Waals surface area contributed by atoms with E-state index in [0.717, 1.165) is 29.3 Å². The molecule has 0 saturated heterocycles. The molecule has 0 amide bonds. The molecule has 3 nitrogen and oxygen atoms in total. The Hall–Kier alpha value is -0.900. The van der Waals surface area contributed by atoms with Gasteiger partial charge < -0.3 is 0 Å². The van der Waals surface area contributed by atoms with Gasteiger partial charge in [0, 0.05) is 17.0 Å². The van der Waals surface area contributed by atoms with Crippen LogP contribution in [0.15, 0.2) is 18.2 Å². The Morgan fingerprint density at radius 1 is 1.50 bits per heavy atom. The number of alkyl halides is 1.